The van der Waals surface area contributed by atoms with Crippen molar-refractivity contribution >= 4 is 40.7 Å². The normalized spacial score (nSPS) is 17.8. The summed E-state index contributed by atoms with van der Waals surface area (Å²) in [6, 6.07) is 4.86. The fourth-order valence-corrected chi connectivity index (χ4v) is 3.60. The fourth-order valence-electron chi connectivity index (χ4n) is 2.71. The highest BCUT2D eigenvalue weighted by molar-refractivity contribution is 6.35. The van der Waals surface area contributed by atoms with Gasteiger partial charge in [-0.15, -0.1) is 11.6 Å². The van der Waals surface area contributed by atoms with Crippen molar-refractivity contribution in [3.05, 3.63) is 33.8 Å². The first kappa shape index (κ1) is 15.9. The molecule has 0 aromatic heterocycles. The molecule has 1 aliphatic rings. The number of benzene rings is 1. The summed E-state index contributed by atoms with van der Waals surface area (Å²) in [4.78, 5) is 12.2. The first-order chi connectivity index (χ1) is 9.54. The fraction of sp³-hybridized carbons (Fsp3) is 0.533. The van der Waals surface area contributed by atoms with Crippen LogP contribution in [0.1, 0.15) is 42.5 Å². The molecule has 0 radical (unpaired) electrons. The van der Waals surface area contributed by atoms with Gasteiger partial charge in [-0.1, -0.05) is 42.5 Å². The van der Waals surface area contributed by atoms with Crippen LogP contribution in [0, 0.1) is 5.41 Å². The van der Waals surface area contributed by atoms with E-state index in [0.29, 0.717) is 28.0 Å². The van der Waals surface area contributed by atoms with E-state index in [1.807, 2.05) is 0 Å². The SMILES string of the molecule is O=C(NCC1(CCl)CCCCC1)c1cc(Cl)cc(Cl)c1. The average Bonchev–Trinajstić information content (AvgIpc) is 2.45. The number of hydrogen-bond donors (Lipinski definition) is 1. The number of halogens is 3. The summed E-state index contributed by atoms with van der Waals surface area (Å²) in [5, 5.41) is 3.90. The lowest BCUT2D eigenvalue weighted by atomic mass is 9.75. The van der Waals surface area contributed by atoms with Crippen molar-refractivity contribution < 1.29 is 4.79 Å². The lowest BCUT2D eigenvalue weighted by Crippen LogP contribution is -2.40. The predicted octanol–water partition coefficient (Wildman–Crippen LogP) is 4.91. The van der Waals surface area contributed by atoms with Gasteiger partial charge in [-0.05, 0) is 31.0 Å². The number of rotatable bonds is 4. The Balaban J connectivity index is 2.00. The van der Waals surface area contributed by atoms with Gasteiger partial charge >= 0.3 is 0 Å². The van der Waals surface area contributed by atoms with Crippen LogP contribution in [-0.4, -0.2) is 18.3 Å². The highest BCUT2D eigenvalue weighted by Crippen LogP contribution is 2.36. The Morgan fingerprint density at radius 3 is 2.25 bits per heavy atom. The molecule has 1 fully saturated rings. The van der Waals surface area contributed by atoms with Gasteiger partial charge in [0.2, 0.25) is 0 Å². The van der Waals surface area contributed by atoms with Gasteiger partial charge in [-0.25, -0.2) is 0 Å². The van der Waals surface area contributed by atoms with Crippen LogP contribution in [0.3, 0.4) is 0 Å². The number of nitrogens with one attached hydrogen (secondary N) is 1. The molecule has 110 valence electrons. The van der Waals surface area contributed by atoms with E-state index < -0.39 is 0 Å². The lowest BCUT2D eigenvalue weighted by Gasteiger charge is -2.35. The topological polar surface area (TPSA) is 29.1 Å². The summed E-state index contributed by atoms with van der Waals surface area (Å²) in [7, 11) is 0. The van der Waals surface area contributed by atoms with E-state index in [4.69, 9.17) is 34.8 Å². The molecule has 0 heterocycles. The van der Waals surface area contributed by atoms with Crippen LogP contribution in [0.25, 0.3) is 0 Å². The molecular formula is C15H18Cl3NO. The molecule has 0 saturated heterocycles. The van der Waals surface area contributed by atoms with Gasteiger partial charge in [0.1, 0.15) is 0 Å². The maximum atomic E-state index is 12.2. The number of hydrogen-bond acceptors (Lipinski definition) is 1. The maximum Gasteiger partial charge on any atom is 0.251 e. The van der Waals surface area contributed by atoms with E-state index in [1.165, 1.54) is 19.3 Å². The molecule has 1 amide bonds. The van der Waals surface area contributed by atoms with Gasteiger partial charge in [-0.3, -0.25) is 4.79 Å². The van der Waals surface area contributed by atoms with E-state index in [0.717, 1.165) is 12.8 Å². The monoisotopic (exact) mass is 333 g/mol. The third kappa shape index (κ3) is 4.03. The molecule has 0 spiro atoms. The second kappa shape index (κ2) is 7.02. The molecule has 1 aliphatic carbocycles. The molecule has 2 nitrogen and oxygen atoms in total. The quantitative estimate of drug-likeness (QED) is 0.779. The second-order valence-corrected chi connectivity index (χ2v) is 6.68. The predicted molar refractivity (Wildman–Crippen MR) is 85.0 cm³/mol. The molecule has 20 heavy (non-hydrogen) atoms. The van der Waals surface area contributed by atoms with Crippen LogP contribution in [0.5, 0.6) is 0 Å². The smallest absolute Gasteiger partial charge is 0.251 e. The molecule has 1 N–H and O–H groups in total. The Kier molecular flexibility index (Phi) is 5.59. The minimum Gasteiger partial charge on any atom is -0.351 e. The molecule has 0 aliphatic heterocycles. The summed E-state index contributed by atoms with van der Waals surface area (Å²) in [6.45, 7) is 0.611. The van der Waals surface area contributed by atoms with Gasteiger partial charge in [-0.2, -0.15) is 0 Å². The van der Waals surface area contributed by atoms with Gasteiger partial charge in [0.25, 0.3) is 5.91 Å². The Hall–Kier alpha value is -0.440. The molecule has 1 aromatic rings. The highest BCUT2D eigenvalue weighted by Gasteiger charge is 2.31. The van der Waals surface area contributed by atoms with Crippen LogP contribution < -0.4 is 5.32 Å². The van der Waals surface area contributed by atoms with Crippen LogP contribution in [-0.2, 0) is 0 Å². The van der Waals surface area contributed by atoms with Crippen molar-refractivity contribution in [3.8, 4) is 0 Å². The summed E-state index contributed by atoms with van der Waals surface area (Å²) >= 11 is 17.9. The molecule has 1 saturated carbocycles. The molecule has 5 heteroatoms. The van der Waals surface area contributed by atoms with Crippen LogP contribution in [0.4, 0.5) is 0 Å². The third-order valence-corrected chi connectivity index (χ3v) is 4.95. The van der Waals surface area contributed by atoms with Gasteiger partial charge in [0, 0.05) is 33.4 Å². The van der Waals surface area contributed by atoms with E-state index >= 15 is 0 Å². The zero-order chi connectivity index (χ0) is 14.6. The molecule has 0 bridgehead atoms. The van der Waals surface area contributed by atoms with Crippen molar-refractivity contribution in [2.45, 2.75) is 32.1 Å². The largest absolute Gasteiger partial charge is 0.351 e. The van der Waals surface area contributed by atoms with Crippen molar-refractivity contribution in [1.82, 2.24) is 5.32 Å². The van der Waals surface area contributed by atoms with E-state index in [-0.39, 0.29) is 11.3 Å². The molecule has 2 rings (SSSR count). The first-order valence-electron chi connectivity index (χ1n) is 6.85. The Bertz CT molecular complexity index is 464. The zero-order valence-electron chi connectivity index (χ0n) is 11.2. The maximum absolute atomic E-state index is 12.2. The van der Waals surface area contributed by atoms with Crippen molar-refractivity contribution in [3.63, 3.8) is 0 Å². The standard InChI is InChI=1S/C15H18Cl3NO/c16-9-15(4-2-1-3-5-15)10-19-14(20)11-6-12(17)8-13(18)7-11/h6-8H,1-5,9-10H2,(H,19,20). The first-order valence-corrected chi connectivity index (χ1v) is 8.14. The number of alkyl halides is 1. The summed E-state index contributed by atoms with van der Waals surface area (Å²) in [5.74, 6) is 0.438. The van der Waals surface area contributed by atoms with Gasteiger partial charge in [0.15, 0.2) is 0 Å². The molecule has 0 atom stereocenters. The van der Waals surface area contributed by atoms with Gasteiger partial charge in [0.05, 0.1) is 0 Å². The minimum absolute atomic E-state index is 0.0395. The van der Waals surface area contributed by atoms with Crippen molar-refractivity contribution in [2.75, 3.05) is 12.4 Å². The summed E-state index contributed by atoms with van der Waals surface area (Å²) < 4.78 is 0. The number of carbonyl (C=O) groups is 1. The van der Waals surface area contributed by atoms with E-state index in [1.54, 1.807) is 18.2 Å². The van der Waals surface area contributed by atoms with Crippen LogP contribution in [0.2, 0.25) is 10.0 Å². The number of amides is 1. The van der Waals surface area contributed by atoms with Crippen molar-refractivity contribution in [2.24, 2.45) is 5.41 Å². The zero-order valence-corrected chi connectivity index (χ0v) is 13.5. The molecule has 0 unspecified atom stereocenters. The van der Waals surface area contributed by atoms with E-state index in [2.05, 4.69) is 5.32 Å². The molecular weight excluding hydrogens is 317 g/mol. The van der Waals surface area contributed by atoms with Crippen molar-refractivity contribution in [1.29, 1.82) is 0 Å². The highest BCUT2D eigenvalue weighted by atomic mass is 35.5. The average molecular weight is 335 g/mol. The van der Waals surface area contributed by atoms with Crippen LogP contribution >= 0.6 is 34.8 Å². The van der Waals surface area contributed by atoms with Gasteiger partial charge < -0.3 is 5.32 Å². The lowest BCUT2D eigenvalue weighted by molar-refractivity contribution is 0.0921. The van der Waals surface area contributed by atoms with E-state index in [9.17, 15) is 4.79 Å². The minimum atomic E-state index is -0.149. The number of carbonyl (C=O) groups excluding carboxylic acids is 1. The summed E-state index contributed by atoms with van der Waals surface area (Å²) in [6.07, 6.45) is 5.79. The Labute approximate surface area is 134 Å². The second-order valence-electron chi connectivity index (χ2n) is 5.54. The Morgan fingerprint density at radius 1 is 1.10 bits per heavy atom. The summed E-state index contributed by atoms with van der Waals surface area (Å²) in [5.41, 5.74) is 0.528. The molecule has 1 aromatic carbocycles. The van der Waals surface area contributed by atoms with Crippen LogP contribution in [0.15, 0.2) is 18.2 Å². The Morgan fingerprint density at radius 2 is 1.70 bits per heavy atom. The third-order valence-electron chi connectivity index (χ3n) is 3.95.